The highest BCUT2D eigenvalue weighted by Gasteiger charge is 2.35. The third-order valence-electron chi connectivity index (χ3n) is 5.68. The average molecular weight is 477 g/mol. The number of halogens is 1. The quantitative estimate of drug-likeness (QED) is 0.592. The van der Waals surface area contributed by atoms with E-state index in [1.165, 1.54) is 21.7 Å². The number of nitrogens with one attached hydrogen (secondary N) is 1. The van der Waals surface area contributed by atoms with Gasteiger partial charge in [-0.3, -0.25) is 4.79 Å². The van der Waals surface area contributed by atoms with Crippen molar-refractivity contribution < 1.29 is 17.6 Å². The van der Waals surface area contributed by atoms with Crippen LogP contribution in [0.15, 0.2) is 53.0 Å². The van der Waals surface area contributed by atoms with Crippen LogP contribution in [0, 0.1) is 18.7 Å². The second-order valence-electron chi connectivity index (χ2n) is 7.93. The second kappa shape index (κ2) is 9.13. The molecule has 32 heavy (non-hydrogen) atoms. The van der Waals surface area contributed by atoms with Gasteiger partial charge in [-0.2, -0.15) is 4.31 Å². The molecule has 0 saturated carbocycles. The number of carbonyl (C=O) groups is 1. The van der Waals surface area contributed by atoms with Crippen molar-refractivity contribution in [2.24, 2.45) is 13.0 Å². The number of piperidine rings is 1. The van der Waals surface area contributed by atoms with Crippen LogP contribution in [-0.2, 0) is 21.9 Å². The van der Waals surface area contributed by atoms with Gasteiger partial charge in [-0.15, -0.1) is 11.3 Å². The van der Waals surface area contributed by atoms with E-state index in [-0.39, 0.29) is 16.7 Å². The number of imidazole rings is 1. The molecular weight excluding hydrogens is 451 g/mol. The number of carbonyl (C=O) groups excluding carboxylic acids is 1. The average Bonchev–Trinajstić information content (AvgIpc) is 3.41. The van der Waals surface area contributed by atoms with Gasteiger partial charge in [0.1, 0.15) is 21.9 Å². The number of aromatic nitrogens is 2. The number of nitrogens with zero attached hydrogens (tertiary/aromatic N) is 3. The number of sulfonamides is 1. The van der Waals surface area contributed by atoms with Gasteiger partial charge in [0.2, 0.25) is 5.91 Å². The number of aryl methyl sites for hydroxylation is 2. The smallest absolute Gasteiger partial charge is 0.252 e. The molecule has 2 unspecified atom stereocenters. The van der Waals surface area contributed by atoms with Crippen molar-refractivity contribution in [3.63, 3.8) is 0 Å². The molecule has 1 aromatic carbocycles. The minimum atomic E-state index is -3.65. The van der Waals surface area contributed by atoms with Crippen LogP contribution in [0.5, 0.6) is 0 Å². The second-order valence-corrected chi connectivity index (χ2v) is 11.4. The van der Waals surface area contributed by atoms with Crippen molar-refractivity contribution in [3.05, 3.63) is 70.9 Å². The van der Waals surface area contributed by atoms with Crippen LogP contribution < -0.4 is 5.32 Å². The molecule has 1 aliphatic rings. The monoisotopic (exact) mass is 476 g/mol. The summed E-state index contributed by atoms with van der Waals surface area (Å²) in [6, 6.07) is 8.85. The van der Waals surface area contributed by atoms with Gasteiger partial charge in [-0.25, -0.2) is 17.8 Å². The highest BCUT2D eigenvalue weighted by molar-refractivity contribution is 7.91. The summed E-state index contributed by atoms with van der Waals surface area (Å²) in [6.07, 6.45) is 4.46. The topological polar surface area (TPSA) is 84.3 Å². The summed E-state index contributed by atoms with van der Waals surface area (Å²) < 4.78 is 44.0. The Morgan fingerprint density at radius 1 is 1.28 bits per heavy atom. The van der Waals surface area contributed by atoms with Crippen molar-refractivity contribution in [2.75, 3.05) is 13.1 Å². The molecule has 1 fully saturated rings. The highest BCUT2D eigenvalue weighted by atomic mass is 32.2. The Morgan fingerprint density at radius 2 is 2.06 bits per heavy atom. The number of hydrogen-bond donors (Lipinski definition) is 1. The largest absolute Gasteiger partial charge is 0.342 e. The molecule has 0 spiro atoms. The van der Waals surface area contributed by atoms with E-state index in [0.29, 0.717) is 30.8 Å². The Labute approximate surface area is 191 Å². The SMILES string of the molecule is Cc1ccc(S(=O)(=O)N2CCCC(C(=O)NC(c3ccccc3F)c3nccn3C)C2)s1. The van der Waals surface area contributed by atoms with Crippen LogP contribution in [0.4, 0.5) is 4.39 Å². The first-order valence-corrected chi connectivity index (χ1v) is 12.6. The van der Waals surface area contributed by atoms with Gasteiger partial charge < -0.3 is 9.88 Å². The molecule has 1 aliphatic heterocycles. The maximum Gasteiger partial charge on any atom is 0.252 e. The predicted molar refractivity (Wildman–Crippen MR) is 120 cm³/mol. The van der Waals surface area contributed by atoms with Gasteiger partial charge in [-0.1, -0.05) is 18.2 Å². The number of benzene rings is 1. The lowest BCUT2D eigenvalue weighted by molar-refractivity contribution is -0.126. The maximum absolute atomic E-state index is 14.6. The molecule has 170 valence electrons. The molecule has 3 heterocycles. The van der Waals surface area contributed by atoms with Crippen molar-refractivity contribution in [2.45, 2.75) is 30.0 Å². The molecule has 1 amide bonds. The lowest BCUT2D eigenvalue weighted by atomic mass is 9.97. The van der Waals surface area contributed by atoms with E-state index in [4.69, 9.17) is 0 Å². The Hall–Kier alpha value is -2.56. The van der Waals surface area contributed by atoms with E-state index >= 15 is 0 Å². The first-order valence-electron chi connectivity index (χ1n) is 10.4. The van der Waals surface area contributed by atoms with Crippen molar-refractivity contribution >= 4 is 27.3 Å². The lowest BCUT2D eigenvalue weighted by Crippen LogP contribution is -2.46. The third kappa shape index (κ3) is 4.48. The Bertz CT molecular complexity index is 1220. The van der Waals surface area contributed by atoms with Gasteiger partial charge in [0.15, 0.2) is 0 Å². The number of rotatable bonds is 6. The van der Waals surface area contributed by atoms with Crippen molar-refractivity contribution in [1.29, 1.82) is 0 Å². The maximum atomic E-state index is 14.6. The van der Waals surface area contributed by atoms with Crippen molar-refractivity contribution in [1.82, 2.24) is 19.2 Å². The van der Waals surface area contributed by atoms with Crippen LogP contribution in [0.25, 0.3) is 0 Å². The third-order valence-corrected chi connectivity index (χ3v) is 9.02. The van der Waals surface area contributed by atoms with Gasteiger partial charge in [0.05, 0.1) is 5.92 Å². The zero-order chi connectivity index (χ0) is 22.9. The summed E-state index contributed by atoms with van der Waals surface area (Å²) in [6.45, 7) is 2.32. The minimum absolute atomic E-state index is 0.0929. The van der Waals surface area contributed by atoms with Gasteiger partial charge in [-0.05, 0) is 38.0 Å². The van der Waals surface area contributed by atoms with Gasteiger partial charge in [0, 0.05) is 43.0 Å². The Balaban J connectivity index is 1.56. The van der Waals surface area contributed by atoms with Gasteiger partial charge >= 0.3 is 0 Å². The van der Waals surface area contributed by atoms with E-state index in [1.807, 2.05) is 6.92 Å². The highest BCUT2D eigenvalue weighted by Crippen LogP contribution is 2.29. The van der Waals surface area contributed by atoms with Crippen LogP contribution in [0.2, 0.25) is 0 Å². The van der Waals surface area contributed by atoms with E-state index in [1.54, 1.807) is 54.3 Å². The van der Waals surface area contributed by atoms with Crippen LogP contribution >= 0.6 is 11.3 Å². The molecular formula is C22H25FN4O3S2. The van der Waals surface area contributed by atoms with Crippen LogP contribution in [-0.4, -0.2) is 41.3 Å². The zero-order valence-electron chi connectivity index (χ0n) is 17.9. The number of amides is 1. The summed E-state index contributed by atoms with van der Waals surface area (Å²) in [7, 11) is -1.87. The summed E-state index contributed by atoms with van der Waals surface area (Å²) in [5, 5.41) is 2.92. The molecule has 1 saturated heterocycles. The first-order chi connectivity index (χ1) is 15.3. The molecule has 2 aromatic heterocycles. The number of thiophene rings is 1. The van der Waals surface area contributed by atoms with E-state index in [0.717, 1.165) is 4.88 Å². The predicted octanol–water partition coefficient (Wildman–Crippen LogP) is 3.24. The minimum Gasteiger partial charge on any atom is -0.342 e. The Kier molecular flexibility index (Phi) is 6.45. The molecule has 0 aliphatic carbocycles. The fourth-order valence-corrected chi connectivity index (χ4v) is 6.92. The normalized spacial score (nSPS) is 18.4. The fraction of sp³-hybridized carbons (Fsp3) is 0.364. The van der Waals surface area contributed by atoms with Crippen LogP contribution in [0.1, 0.15) is 35.1 Å². The van der Waals surface area contributed by atoms with Gasteiger partial charge in [0.25, 0.3) is 10.0 Å². The van der Waals surface area contributed by atoms with E-state index in [9.17, 15) is 17.6 Å². The fourth-order valence-electron chi connectivity index (χ4n) is 3.96. The van der Waals surface area contributed by atoms with Crippen LogP contribution in [0.3, 0.4) is 0 Å². The molecule has 7 nitrogen and oxygen atoms in total. The molecule has 1 N–H and O–H groups in total. The lowest BCUT2D eigenvalue weighted by Gasteiger charge is -2.32. The molecule has 0 radical (unpaired) electrons. The summed E-state index contributed by atoms with van der Waals surface area (Å²) in [5.74, 6) is -0.794. The zero-order valence-corrected chi connectivity index (χ0v) is 19.5. The summed E-state index contributed by atoms with van der Waals surface area (Å²) >= 11 is 1.22. The molecule has 2 atom stereocenters. The van der Waals surface area contributed by atoms with Crippen molar-refractivity contribution in [3.8, 4) is 0 Å². The summed E-state index contributed by atoms with van der Waals surface area (Å²) in [5.41, 5.74) is 0.310. The summed E-state index contributed by atoms with van der Waals surface area (Å²) in [4.78, 5) is 18.4. The molecule has 3 aromatic rings. The molecule has 4 rings (SSSR count). The molecule has 10 heteroatoms. The number of hydrogen-bond acceptors (Lipinski definition) is 5. The van der Waals surface area contributed by atoms with E-state index in [2.05, 4.69) is 10.3 Å². The Morgan fingerprint density at radius 3 is 2.72 bits per heavy atom. The molecule has 0 bridgehead atoms. The first kappa shape index (κ1) is 22.6. The van der Waals surface area contributed by atoms with E-state index < -0.39 is 27.8 Å². The standard InChI is InChI=1S/C22H25FN4O3S2/c1-15-9-10-19(31-15)32(29,30)27-12-5-6-16(14-27)22(28)25-20(21-24-11-13-26(21)2)17-7-3-4-8-18(17)23/h3-4,7-11,13,16,20H,5-6,12,14H2,1-2H3,(H,25,28).